The molecule has 0 spiro atoms. The van der Waals surface area contributed by atoms with Crippen molar-refractivity contribution in [3.8, 4) is 0 Å². The normalized spacial score (nSPS) is 11.2. The number of carbonyl (C=O) groups is 1. The predicted octanol–water partition coefficient (Wildman–Crippen LogP) is 3.62. The summed E-state index contributed by atoms with van der Waals surface area (Å²) in [5.41, 5.74) is 2.92. The summed E-state index contributed by atoms with van der Waals surface area (Å²) in [6.45, 7) is 3.91. The van der Waals surface area contributed by atoms with Crippen LogP contribution in [0.1, 0.15) is 21.1 Å². The summed E-state index contributed by atoms with van der Waals surface area (Å²) >= 11 is 2.98. The zero-order valence-corrected chi connectivity index (χ0v) is 13.7. The molecular weight excluding hydrogens is 302 g/mol. The van der Waals surface area contributed by atoms with Gasteiger partial charge in [-0.3, -0.25) is 4.79 Å². The van der Waals surface area contributed by atoms with Gasteiger partial charge < -0.3 is 4.57 Å². The van der Waals surface area contributed by atoms with Crippen LogP contribution in [0.5, 0.6) is 0 Å². The van der Waals surface area contributed by atoms with Crippen molar-refractivity contribution in [2.24, 2.45) is 7.05 Å². The number of benzene rings is 1. The van der Waals surface area contributed by atoms with E-state index in [1.54, 1.807) is 0 Å². The Morgan fingerprint density at radius 3 is 2.76 bits per heavy atom. The Morgan fingerprint density at radius 2 is 2.05 bits per heavy atom. The van der Waals surface area contributed by atoms with E-state index in [9.17, 15) is 4.79 Å². The van der Waals surface area contributed by atoms with E-state index in [0.29, 0.717) is 5.75 Å². The van der Waals surface area contributed by atoms with Gasteiger partial charge >= 0.3 is 0 Å². The number of carbonyl (C=O) groups excluding carboxylic acids is 1. The molecule has 6 heteroatoms. The highest BCUT2D eigenvalue weighted by molar-refractivity contribution is 8.01. The van der Waals surface area contributed by atoms with Crippen LogP contribution in [0.25, 0.3) is 10.9 Å². The van der Waals surface area contributed by atoms with E-state index in [4.69, 9.17) is 0 Å². The third-order valence-corrected chi connectivity index (χ3v) is 5.48. The lowest BCUT2D eigenvalue weighted by atomic mass is 10.1. The van der Waals surface area contributed by atoms with E-state index in [1.165, 1.54) is 23.1 Å². The summed E-state index contributed by atoms with van der Waals surface area (Å²) in [5.74, 6) is 0.533. The zero-order valence-electron chi connectivity index (χ0n) is 12.1. The molecule has 2 aromatic heterocycles. The largest absolute Gasteiger partial charge is 0.347 e. The van der Waals surface area contributed by atoms with Gasteiger partial charge in [-0.25, -0.2) is 0 Å². The van der Waals surface area contributed by atoms with Gasteiger partial charge in [0, 0.05) is 29.2 Å². The second-order valence-corrected chi connectivity index (χ2v) is 7.24. The second-order valence-electron chi connectivity index (χ2n) is 4.84. The first kappa shape index (κ1) is 14.3. The molecule has 0 aliphatic heterocycles. The first-order chi connectivity index (χ1) is 10.1. The molecule has 0 unspecified atom stereocenters. The van der Waals surface area contributed by atoms with Gasteiger partial charge in [0.15, 0.2) is 10.1 Å². The Morgan fingerprint density at radius 1 is 1.29 bits per heavy atom. The molecule has 0 atom stereocenters. The molecule has 1 aromatic carbocycles. The molecule has 2 heterocycles. The Hall–Kier alpha value is -1.66. The van der Waals surface area contributed by atoms with Crippen LogP contribution in [0.4, 0.5) is 0 Å². The molecule has 0 N–H and O–H groups in total. The van der Waals surface area contributed by atoms with Crippen LogP contribution in [0.3, 0.4) is 0 Å². The van der Waals surface area contributed by atoms with Crippen LogP contribution >= 0.6 is 23.1 Å². The van der Waals surface area contributed by atoms with Gasteiger partial charge in [-0.1, -0.05) is 41.3 Å². The number of aryl methyl sites for hydroxylation is 2. The number of fused-ring (bicyclic) bond motifs is 1. The highest BCUT2D eigenvalue weighted by atomic mass is 32.2. The Labute approximate surface area is 131 Å². The van der Waals surface area contributed by atoms with Gasteiger partial charge in [0.2, 0.25) is 0 Å². The monoisotopic (exact) mass is 317 g/mol. The molecule has 0 bridgehead atoms. The standard InChI is InChI=1S/C15H15N3OS2/c1-9-14(11-6-4-5-7-12(11)18(9)3)13(19)8-20-15-17-16-10(2)21-15/h4-7H,8H2,1-3H3. The van der Waals surface area contributed by atoms with E-state index in [0.717, 1.165) is 31.5 Å². The molecule has 3 rings (SSSR count). The van der Waals surface area contributed by atoms with E-state index >= 15 is 0 Å². The third-order valence-electron chi connectivity index (χ3n) is 3.51. The number of Topliss-reactive ketones (excluding diaryl/α,β-unsaturated/α-hetero) is 1. The zero-order chi connectivity index (χ0) is 15.0. The van der Waals surface area contributed by atoms with Crippen LogP contribution in [0, 0.1) is 13.8 Å². The molecule has 0 amide bonds. The SMILES string of the molecule is Cc1nnc(SCC(=O)c2c(C)n(C)c3ccccc23)s1. The minimum atomic E-state index is 0.141. The molecular formula is C15H15N3OS2. The summed E-state index contributed by atoms with van der Waals surface area (Å²) < 4.78 is 2.92. The number of aromatic nitrogens is 3. The lowest BCUT2D eigenvalue weighted by molar-refractivity contribution is 0.102. The Bertz CT molecular complexity index is 820. The van der Waals surface area contributed by atoms with Crippen molar-refractivity contribution in [3.05, 3.63) is 40.5 Å². The molecule has 0 saturated heterocycles. The van der Waals surface area contributed by atoms with Crippen LogP contribution in [-0.4, -0.2) is 26.3 Å². The quantitative estimate of drug-likeness (QED) is 0.545. The maximum Gasteiger partial charge on any atom is 0.175 e. The van der Waals surface area contributed by atoms with Gasteiger partial charge in [0.25, 0.3) is 0 Å². The smallest absolute Gasteiger partial charge is 0.175 e. The number of rotatable bonds is 4. The molecule has 0 aliphatic carbocycles. The van der Waals surface area contributed by atoms with E-state index in [1.807, 2.05) is 45.2 Å². The Kier molecular flexibility index (Phi) is 3.82. The molecule has 0 aliphatic rings. The third kappa shape index (κ3) is 2.61. The number of thioether (sulfide) groups is 1. The van der Waals surface area contributed by atoms with Crippen molar-refractivity contribution < 1.29 is 4.79 Å². The number of hydrogen-bond acceptors (Lipinski definition) is 5. The average Bonchev–Trinajstić information content (AvgIpc) is 3.00. The van der Waals surface area contributed by atoms with Crippen molar-refractivity contribution >= 4 is 39.8 Å². The number of hydrogen-bond donors (Lipinski definition) is 0. The molecule has 108 valence electrons. The van der Waals surface area contributed by atoms with E-state index in [2.05, 4.69) is 14.8 Å². The molecule has 0 saturated carbocycles. The molecule has 4 nitrogen and oxygen atoms in total. The number of ketones is 1. The summed E-state index contributed by atoms with van der Waals surface area (Å²) in [5, 5.41) is 9.96. The molecule has 3 aromatic rings. The van der Waals surface area contributed by atoms with E-state index in [-0.39, 0.29) is 5.78 Å². The first-order valence-corrected chi connectivity index (χ1v) is 8.38. The van der Waals surface area contributed by atoms with Crippen molar-refractivity contribution in [1.82, 2.24) is 14.8 Å². The maximum atomic E-state index is 12.6. The van der Waals surface area contributed by atoms with Gasteiger partial charge in [0.1, 0.15) is 5.01 Å². The number of para-hydroxylation sites is 1. The highest BCUT2D eigenvalue weighted by Crippen LogP contribution is 2.28. The summed E-state index contributed by atoms with van der Waals surface area (Å²) in [6, 6.07) is 8.02. The van der Waals surface area contributed by atoms with Crippen LogP contribution in [0.15, 0.2) is 28.6 Å². The summed E-state index contributed by atoms with van der Waals surface area (Å²) in [7, 11) is 2.00. The topological polar surface area (TPSA) is 47.8 Å². The predicted molar refractivity (Wildman–Crippen MR) is 87.4 cm³/mol. The van der Waals surface area contributed by atoms with Crippen molar-refractivity contribution in [3.63, 3.8) is 0 Å². The number of nitrogens with zero attached hydrogens (tertiary/aromatic N) is 3. The van der Waals surface area contributed by atoms with Crippen LogP contribution in [-0.2, 0) is 7.05 Å². The average molecular weight is 317 g/mol. The lowest BCUT2D eigenvalue weighted by Crippen LogP contribution is -2.04. The van der Waals surface area contributed by atoms with Gasteiger partial charge in [-0.15, -0.1) is 10.2 Å². The summed E-state index contributed by atoms with van der Waals surface area (Å²) in [6.07, 6.45) is 0. The lowest BCUT2D eigenvalue weighted by Gasteiger charge is -2.01. The van der Waals surface area contributed by atoms with Crippen molar-refractivity contribution in [1.29, 1.82) is 0 Å². The molecule has 21 heavy (non-hydrogen) atoms. The van der Waals surface area contributed by atoms with E-state index < -0.39 is 0 Å². The fourth-order valence-electron chi connectivity index (χ4n) is 2.41. The Balaban J connectivity index is 1.89. The van der Waals surface area contributed by atoms with Crippen molar-refractivity contribution in [2.75, 3.05) is 5.75 Å². The highest BCUT2D eigenvalue weighted by Gasteiger charge is 2.18. The van der Waals surface area contributed by atoms with Crippen LogP contribution in [0.2, 0.25) is 0 Å². The van der Waals surface area contributed by atoms with Gasteiger partial charge in [0.05, 0.1) is 5.75 Å². The van der Waals surface area contributed by atoms with Crippen LogP contribution < -0.4 is 0 Å². The minimum Gasteiger partial charge on any atom is -0.347 e. The second kappa shape index (κ2) is 5.61. The van der Waals surface area contributed by atoms with Gasteiger partial charge in [-0.2, -0.15) is 0 Å². The van der Waals surface area contributed by atoms with Crippen molar-refractivity contribution in [2.45, 2.75) is 18.2 Å². The minimum absolute atomic E-state index is 0.141. The molecule has 0 fully saturated rings. The van der Waals surface area contributed by atoms with Gasteiger partial charge in [-0.05, 0) is 19.9 Å². The summed E-state index contributed by atoms with van der Waals surface area (Å²) in [4.78, 5) is 12.6. The fourth-order valence-corrected chi connectivity index (χ4v) is 4.10. The first-order valence-electron chi connectivity index (χ1n) is 6.58. The fraction of sp³-hybridized carbons (Fsp3) is 0.267. The maximum absolute atomic E-state index is 12.6. The molecule has 0 radical (unpaired) electrons.